The quantitative estimate of drug-likeness (QED) is 0.406. The Kier molecular flexibility index (Phi) is 8.23. The summed E-state index contributed by atoms with van der Waals surface area (Å²) in [7, 11) is 2.17. The summed E-state index contributed by atoms with van der Waals surface area (Å²) < 4.78 is 0. The molecule has 0 bridgehead atoms. The lowest BCUT2D eigenvalue weighted by Crippen LogP contribution is -2.26. The molecule has 0 radical (unpaired) electrons. The van der Waals surface area contributed by atoms with Crippen molar-refractivity contribution in [2.45, 2.75) is 32.0 Å². The van der Waals surface area contributed by atoms with Gasteiger partial charge in [0.1, 0.15) is 7.85 Å². The van der Waals surface area contributed by atoms with E-state index in [9.17, 15) is 4.79 Å². The highest BCUT2D eigenvalue weighted by molar-refractivity contribution is 6.08. The topological polar surface area (TPSA) is 55.1 Å². The summed E-state index contributed by atoms with van der Waals surface area (Å²) in [4.78, 5) is 10.9. The second-order valence-corrected chi connectivity index (χ2v) is 2.95. The van der Waals surface area contributed by atoms with Crippen molar-refractivity contribution in [1.29, 1.82) is 0 Å². The Bertz CT molecular complexity index is 120. The molecule has 0 aliphatic carbocycles. The number of nitrogens with two attached hydrogens (primary N) is 1. The third kappa shape index (κ3) is 7.60. The summed E-state index contributed by atoms with van der Waals surface area (Å²) in [6.07, 6.45) is 5.24. The van der Waals surface area contributed by atoms with E-state index in [1.54, 1.807) is 0 Å². The average Bonchev–Trinajstić information content (AvgIpc) is 2.05. The second-order valence-electron chi connectivity index (χ2n) is 2.95. The molecular weight excluding hydrogens is 151 g/mol. The van der Waals surface area contributed by atoms with Crippen molar-refractivity contribution in [3.05, 3.63) is 0 Å². The number of carbonyl (C=O) groups excluding carboxylic acids is 1. The van der Waals surface area contributed by atoms with Gasteiger partial charge >= 0.3 is 0 Å². The van der Waals surface area contributed by atoms with Gasteiger partial charge in [-0.1, -0.05) is 19.2 Å². The third-order valence-corrected chi connectivity index (χ3v) is 1.72. The van der Waals surface area contributed by atoms with Crippen molar-refractivity contribution >= 4 is 13.8 Å². The number of rotatable bonds is 7. The number of hydrogen-bond acceptors (Lipinski definition) is 2. The molecule has 0 atom stereocenters. The number of nitrogens with one attached hydrogen (secondary N) is 1. The molecule has 12 heavy (non-hydrogen) atoms. The van der Waals surface area contributed by atoms with Crippen LogP contribution in [0.1, 0.15) is 25.7 Å². The van der Waals surface area contributed by atoms with Crippen LogP contribution >= 0.6 is 0 Å². The summed E-state index contributed by atoms with van der Waals surface area (Å²) >= 11 is 0. The van der Waals surface area contributed by atoms with Gasteiger partial charge in [0.15, 0.2) is 0 Å². The first kappa shape index (κ1) is 11.5. The Morgan fingerprint density at radius 3 is 2.67 bits per heavy atom. The molecule has 70 valence electrons. The number of carbonyl (C=O) groups is 1. The van der Waals surface area contributed by atoms with E-state index < -0.39 is 0 Å². The summed E-state index contributed by atoms with van der Waals surface area (Å²) in [6.45, 7) is 1.25. The highest BCUT2D eigenvalue weighted by atomic mass is 16.1. The Labute approximate surface area is 75.5 Å². The Balaban J connectivity index is 3.03. The molecule has 0 aromatic rings. The van der Waals surface area contributed by atoms with E-state index in [1.165, 1.54) is 19.2 Å². The summed E-state index contributed by atoms with van der Waals surface area (Å²) in [5.74, 6) is 0.0778. The van der Waals surface area contributed by atoms with E-state index in [-0.39, 0.29) is 5.91 Å². The lowest BCUT2D eigenvalue weighted by Gasteiger charge is -2.02. The second kappa shape index (κ2) is 8.59. The molecule has 0 aromatic carbocycles. The van der Waals surface area contributed by atoms with Crippen molar-refractivity contribution < 1.29 is 4.79 Å². The lowest BCUT2D eigenvalue weighted by atomic mass is 9.99. The molecule has 4 heteroatoms. The zero-order valence-electron chi connectivity index (χ0n) is 7.94. The molecule has 0 unspecified atom stereocenters. The van der Waals surface area contributed by atoms with Gasteiger partial charge in [0.25, 0.3) is 0 Å². The predicted molar refractivity (Wildman–Crippen MR) is 53.9 cm³/mol. The zero-order chi connectivity index (χ0) is 9.23. The Morgan fingerprint density at radius 2 is 2.08 bits per heavy atom. The van der Waals surface area contributed by atoms with E-state index in [4.69, 9.17) is 5.73 Å². The molecule has 0 saturated heterocycles. The molecule has 0 aliphatic heterocycles. The molecule has 0 aromatic heterocycles. The van der Waals surface area contributed by atoms with E-state index in [1.807, 2.05) is 0 Å². The first-order chi connectivity index (χ1) is 5.81. The highest BCUT2D eigenvalue weighted by Gasteiger charge is 1.96. The number of hydrogen-bond donors (Lipinski definition) is 2. The van der Waals surface area contributed by atoms with Crippen LogP contribution < -0.4 is 11.1 Å². The molecule has 0 aliphatic rings. The van der Waals surface area contributed by atoms with Crippen LogP contribution in [0.4, 0.5) is 0 Å². The van der Waals surface area contributed by atoms with Crippen LogP contribution in [0.25, 0.3) is 0 Å². The highest BCUT2D eigenvalue weighted by Crippen LogP contribution is 1.96. The van der Waals surface area contributed by atoms with E-state index in [2.05, 4.69) is 13.2 Å². The largest absolute Gasteiger partial charge is 0.356 e. The van der Waals surface area contributed by atoms with Crippen molar-refractivity contribution in [2.24, 2.45) is 5.73 Å². The maximum Gasteiger partial charge on any atom is 0.221 e. The van der Waals surface area contributed by atoms with Gasteiger partial charge in [-0.2, -0.15) is 0 Å². The SMILES string of the molecule is BCCCCCNC(=O)CCN. The molecule has 3 N–H and O–H groups in total. The van der Waals surface area contributed by atoms with Gasteiger partial charge in [-0.05, 0) is 6.42 Å². The normalized spacial score (nSPS) is 9.75. The Hall–Kier alpha value is -0.505. The minimum Gasteiger partial charge on any atom is -0.356 e. The van der Waals surface area contributed by atoms with Gasteiger partial charge in [-0.15, -0.1) is 0 Å². The number of amides is 1. The van der Waals surface area contributed by atoms with Gasteiger partial charge in [0.05, 0.1) is 0 Å². The fourth-order valence-electron chi connectivity index (χ4n) is 0.999. The molecule has 3 nitrogen and oxygen atoms in total. The number of unbranched alkanes of at least 4 members (excludes halogenated alkanes) is 2. The smallest absolute Gasteiger partial charge is 0.221 e. The van der Waals surface area contributed by atoms with Crippen LogP contribution in [-0.4, -0.2) is 26.8 Å². The van der Waals surface area contributed by atoms with Gasteiger partial charge in [-0.3, -0.25) is 4.79 Å². The first-order valence-corrected chi connectivity index (χ1v) is 4.78. The van der Waals surface area contributed by atoms with E-state index in [0.717, 1.165) is 13.0 Å². The van der Waals surface area contributed by atoms with Crippen molar-refractivity contribution in [3.63, 3.8) is 0 Å². The lowest BCUT2D eigenvalue weighted by molar-refractivity contribution is -0.120. The minimum absolute atomic E-state index is 0.0778. The molecule has 0 rings (SSSR count). The first-order valence-electron chi connectivity index (χ1n) is 4.78. The van der Waals surface area contributed by atoms with Crippen molar-refractivity contribution in [1.82, 2.24) is 5.32 Å². The minimum atomic E-state index is 0.0778. The van der Waals surface area contributed by atoms with Crippen LogP contribution in [0.2, 0.25) is 6.32 Å². The molecule has 0 fully saturated rings. The fourth-order valence-corrected chi connectivity index (χ4v) is 0.999. The molecule has 0 saturated carbocycles. The van der Waals surface area contributed by atoms with Crippen LogP contribution in [0.3, 0.4) is 0 Å². The van der Waals surface area contributed by atoms with E-state index >= 15 is 0 Å². The zero-order valence-corrected chi connectivity index (χ0v) is 7.94. The van der Waals surface area contributed by atoms with Crippen LogP contribution in [-0.2, 0) is 4.79 Å². The average molecular weight is 170 g/mol. The van der Waals surface area contributed by atoms with Crippen LogP contribution in [0.5, 0.6) is 0 Å². The van der Waals surface area contributed by atoms with E-state index in [0.29, 0.717) is 13.0 Å². The van der Waals surface area contributed by atoms with Crippen LogP contribution in [0, 0.1) is 0 Å². The van der Waals surface area contributed by atoms with Gasteiger partial charge in [0, 0.05) is 19.5 Å². The maximum absolute atomic E-state index is 10.9. The van der Waals surface area contributed by atoms with Crippen molar-refractivity contribution in [2.75, 3.05) is 13.1 Å². The summed E-state index contributed by atoms with van der Waals surface area (Å²) in [6, 6.07) is 0. The molecule has 0 spiro atoms. The summed E-state index contributed by atoms with van der Waals surface area (Å²) in [5, 5.41) is 2.82. The van der Waals surface area contributed by atoms with Gasteiger partial charge in [-0.25, -0.2) is 0 Å². The molecule has 1 amide bonds. The predicted octanol–water partition coefficient (Wildman–Crippen LogP) is -0.327. The van der Waals surface area contributed by atoms with Crippen LogP contribution in [0.15, 0.2) is 0 Å². The monoisotopic (exact) mass is 170 g/mol. The van der Waals surface area contributed by atoms with Gasteiger partial charge in [0.2, 0.25) is 5.91 Å². The Morgan fingerprint density at radius 1 is 1.33 bits per heavy atom. The fraction of sp³-hybridized carbons (Fsp3) is 0.875. The maximum atomic E-state index is 10.9. The molecule has 0 heterocycles. The van der Waals surface area contributed by atoms with Crippen molar-refractivity contribution in [3.8, 4) is 0 Å². The molecular formula is C8H19BN2O. The standard InChI is InChI=1S/C8H19BN2O/c9-5-2-1-3-7-11-8(12)4-6-10/h1-7,9-10H2,(H,11,12). The summed E-state index contributed by atoms with van der Waals surface area (Å²) in [5.41, 5.74) is 5.22. The third-order valence-electron chi connectivity index (χ3n) is 1.72. The van der Waals surface area contributed by atoms with Gasteiger partial charge < -0.3 is 11.1 Å².